The van der Waals surface area contributed by atoms with E-state index in [1.165, 1.54) is 0 Å². The molecule has 8 heteroatoms. The Balaban J connectivity index is 1.62. The van der Waals surface area contributed by atoms with Crippen molar-refractivity contribution in [2.24, 2.45) is 5.92 Å². The molecule has 0 radical (unpaired) electrons. The summed E-state index contributed by atoms with van der Waals surface area (Å²) < 4.78 is 6.90. The van der Waals surface area contributed by atoms with E-state index in [0.717, 1.165) is 55.7 Å². The summed E-state index contributed by atoms with van der Waals surface area (Å²) in [4.78, 5) is 42.8. The fourth-order valence-corrected chi connectivity index (χ4v) is 4.80. The van der Waals surface area contributed by atoms with Crippen LogP contribution in [0.5, 0.6) is 0 Å². The minimum atomic E-state index is -0.580. The fourth-order valence-electron chi connectivity index (χ4n) is 3.72. The Morgan fingerprint density at radius 1 is 1.34 bits per heavy atom. The summed E-state index contributed by atoms with van der Waals surface area (Å²) in [6.07, 6.45) is 6.07. The fraction of sp³-hybridized carbons (Fsp3) is 0.619. The first-order valence-corrected chi connectivity index (χ1v) is 11.2. The molecule has 1 amide bonds. The van der Waals surface area contributed by atoms with E-state index in [0.29, 0.717) is 39.7 Å². The van der Waals surface area contributed by atoms with E-state index in [9.17, 15) is 14.4 Å². The average Bonchev–Trinajstić information content (AvgIpc) is 3.31. The van der Waals surface area contributed by atoms with Crippen LogP contribution in [0.3, 0.4) is 0 Å². The summed E-state index contributed by atoms with van der Waals surface area (Å²) in [5.74, 6) is 0.338. The van der Waals surface area contributed by atoms with Crippen molar-refractivity contribution in [3.63, 3.8) is 0 Å². The van der Waals surface area contributed by atoms with Gasteiger partial charge in [-0.15, -0.1) is 11.3 Å². The van der Waals surface area contributed by atoms with Gasteiger partial charge in [-0.05, 0) is 31.2 Å². The highest BCUT2D eigenvalue weighted by Crippen LogP contribution is 2.29. The van der Waals surface area contributed by atoms with Gasteiger partial charge in [0.2, 0.25) is 0 Å². The van der Waals surface area contributed by atoms with Crippen molar-refractivity contribution in [2.45, 2.75) is 65.8 Å². The number of carbonyl (C=O) groups is 2. The summed E-state index contributed by atoms with van der Waals surface area (Å²) in [5, 5.41) is 3.34. The zero-order chi connectivity index (χ0) is 21.0. The van der Waals surface area contributed by atoms with Crippen LogP contribution in [-0.2, 0) is 22.5 Å². The highest BCUT2D eigenvalue weighted by molar-refractivity contribution is 7.20. The molecule has 2 aromatic heterocycles. The second-order valence-electron chi connectivity index (χ2n) is 7.62. The third-order valence-corrected chi connectivity index (χ3v) is 6.73. The molecule has 0 aromatic carbocycles. The first-order chi connectivity index (χ1) is 14.0. The van der Waals surface area contributed by atoms with Crippen LogP contribution in [0.2, 0.25) is 0 Å². The van der Waals surface area contributed by atoms with E-state index in [-0.39, 0.29) is 18.1 Å². The largest absolute Gasteiger partial charge is 0.451 e. The Bertz CT molecular complexity index is 963. The van der Waals surface area contributed by atoms with Crippen LogP contribution >= 0.6 is 11.3 Å². The molecule has 0 bridgehead atoms. The molecule has 0 saturated carbocycles. The maximum absolute atomic E-state index is 12.7. The topological polar surface area (TPSA) is 90.3 Å². The number of hydrogen-bond donors (Lipinski definition) is 1. The number of thiophene rings is 1. The molecule has 0 unspecified atom stereocenters. The summed E-state index contributed by atoms with van der Waals surface area (Å²) in [6.45, 7) is 6.95. The number of unbranched alkanes of at least 4 members (excludes halogenated alkanes) is 1. The number of nitrogens with one attached hydrogen (secondary N) is 1. The Morgan fingerprint density at radius 3 is 2.86 bits per heavy atom. The van der Waals surface area contributed by atoms with E-state index < -0.39 is 5.97 Å². The zero-order valence-electron chi connectivity index (χ0n) is 17.4. The maximum atomic E-state index is 12.7. The van der Waals surface area contributed by atoms with E-state index in [4.69, 9.17) is 4.74 Å². The number of aryl methyl sites for hydroxylation is 2. The van der Waals surface area contributed by atoms with Crippen LogP contribution in [0.4, 0.5) is 0 Å². The average molecular weight is 420 g/mol. The number of amides is 1. The summed E-state index contributed by atoms with van der Waals surface area (Å²) in [7, 11) is 0. The predicted molar refractivity (Wildman–Crippen MR) is 114 cm³/mol. The molecule has 1 N–H and O–H groups in total. The second-order valence-corrected chi connectivity index (χ2v) is 8.62. The molecular formula is C21H29N3O4S. The number of carbonyl (C=O) groups excluding carboxylic acids is 2. The van der Waals surface area contributed by atoms with E-state index >= 15 is 0 Å². The molecule has 7 nitrogen and oxygen atoms in total. The molecule has 29 heavy (non-hydrogen) atoms. The minimum Gasteiger partial charge on any atom is -0.451 e. The number of esters is 1. The van der Waals surface area contributed by atoms with Gasteiger partial charge < -0.3 is 10.1 Å². The molecule has 1 aliphatic rings. The lowest BCUT2D eigenvalue weighted by Gasteiger charge is -2.15. The van der Waals surface area contributed by atoms with Gasteiger partial charge in [-0.2, -0.15) is 0 Å². The van der Waals surface area contributed by atoms with Gasteiger partial charge in [0.1, 0.15) is 15.5 Å². The highest BCUT2D eigenvalue weighted by Gasteiger charge is 2.24. The van der Waals surface area contributed by atoms with Crippen molar-refractivity contribution in [2.75, 3.05) is 13.2 Å². The van der Waals surface area contributed by atoms with Crippen molar-refractivity contribution < 1.29 is 14.3 Å². The molecule has 3 rings (SSSR count). The number of ether oxygens (including phenoxy) is 1. The maximum Gasteiger partial charge on any atom is 0.349 e. The number of hydrogen-bond acceptors (Lipinski definition) is 6. The van der Waals surface area contributed by atoms with Gasteiger partial charge in [-0.3, -0.25) is 14.2 Å². The quantitative estimate of drug-likeness (QED) is 0.631. The van der Waals surface area contributed by atoms with E-state index in [1.807, 2.05) is 0 Å². The van der Waals surface area contributed by atoms with Crippen molar-refractivity contribution in [1.82, 2.24) is 14.9 Å². The van der Waals surface area contributed by atoms with Crippen molar-refractivity contribution in [1.29, 1.82) is 0 Å². The van der Waals surface area contributed by atoms with Crippen LogP contribution in [0.25, 0.3) is 10.2 Å². The molecule has 1 aliphatic heterocycles. The van der Waals surface area contributed by atoms with Crippen LogP contribution in [0.1, 0.15) is 67.0 Å². The lowest BCUT2D eigenvalue weighted by molar-refractivity contribution is -0.124. The number of aromatic nitrogens is 2. The van der Waals surface area contributed by atoms with Crippen LogP contribution < -0.4 is 10.9 Å². The number of fused-ring (bicyclic) bond motifs is 2. The van der Waals surface area contributed by atoms with Crippen LogP contribution in [0, 0.1) is 12.8 Å². The molecule has 0 spiro atoms. The van der Waals surface area contributed by atoms with E-state index in [2.05, 4.69) is 24.1 Å². The van der Waals surface area contributed by atoms with Crippen molar-refractivity contribution >= 4 is 33.4 Å². The predicted octanol–water partition coefficient (Wildman–Crippen LogP) is 3.20. The Hall–Kier alpha value is -2.22. The van der Waals surface area contributed by atoms with Gasteiger partial charge in [0.25, 0.3) is 11.5 Å². The molecular weight excluding hydrogens is 390 g/mol. The highest BCUT2D eigenvalue weighted by atomic mass is 32.1. The van der Waals surface area contributed by atoms with Gasteiger partial charge in [0, 0.05) is 19.5 Å². The normalized spacial score (nSPS) is 14.0. The van der Waals surface area contributed by atoms with Gasteiger partial charge in [-0.25, -0.2) is 9.78 Å². The number of rotatable bonds is 9. The monoisotopic (exact) mass is 419 g/mol. The number of nitrogens with zero attached hydrogens (tertiary/aromatic N) is 2. The minimum absolute atomic E-state index is 0.0919. The molecule has 3 heterocycles. The Morgan fingerprint density at radius 2 is 2.14 bits per heavy atom. The first-order valence-electron chi connectivity index (χ1n) is 10.4. The molecule has 0 saturated heterocycles. The SMILES string of the molecule is CCCC[C@H](CC)CNC(=O)COC(=O)c1sc2nc3n(c(=O)c2c1C)CCC3. The molecule has 1 atom stereocenters. The third kappa shape index (κ3) is 4.69. The molecule has 0 fully saturated rings. The molecule has 158 valence electrons. The first kappa shape index (κ1) is 21.5. The van der Waals surface area contributed by atoms with Gasteiger partial charge in [0.05, 0.1) is 5.39 Å². The summed E-state index contributed by atoms with van der Waals surface area (Å²) >= 11 is 1.16. The van der Waals surface area contributed by atoms with Gasteiger partial charge >= 0.3 is 5.97 Å². The summed E-state index contributed by atoms with van der Waals surface area (Å²) in [6, 6.07) is 0. The van der Waals surface area contributed by atoms with Crippen LogP contribution in [0.15, 0.2) is 4.79 Å². The standard InChI is InChI=1S/C21H29N3O4S/c1-4-6-8-14(5-2)11-22-16(25)12-28-21(27)18-13(3)17-19(29-18)23-15-9-7-10-24(15)20(17)26/h14H,4-12H2,1-3H3,(H,22,25)/t14-/m0/s1. The lowest BCUT2D eigenvalue weighted by Crippen LogP contribution is -2.32. The van der Waals surface area contributed by atoms with E-state index in [1.54, 1.807) is 11.5 Å². The zero-order valence-corrected chi connectivity index (χ0v) is 18.2. The van der Waals surface area contributed by atoms with Gasteiger partial charge in [-0.1, -0.05) is 33.1 Å². The second kappa shape index (κ2) is 9.52. The lowest BCUT2D eigenvalue weighted by atomic mass is 9.99. The van der Waals surface area contributed by atoms with Crippen molar-refractivity contribution in [3.05, 3.63) is 26.6 Å². The molecule has 0 aliphatic carbocycles. The molecule has 2 aromatic rings. The van der Waals surface area contributed by atoms with Gasteiger partial charge in [0.15, 0.2) is 6.61 Å². The third-order valence-electron chi connectivity index (χ3n) is 5.56. The Kier molecular flexibility index (Phi) is 7.05. The Labute approximate surface area is 174 Å². The van der Waals surface area contributed by atoms with Crippen molar-refractivity contribution in [3.8, 4) is 0 Å². The van der Waals surface area contributed by atoms with Crippen LogP contribution in [-0.4, -0.2) is 34.6 Å². The smallest absolute Gasteiger partial charge is 0.349 e. The summed E-state index contributed by atoms with van der Waals surface area (Å²) in [5.41, 5.74) is 0.492.